The van der Waals surface area contributed by atoms with Gasteiger partial charge in [-0.2, -0.15) is 5.26 Å². The highest BCUT2D eigenvalue weighted by molar-refractivity contribution is 6.19. The predicted molar refractivity (Wildman–Crippen MR) is 108 cm³/mol. The Bertz CT molecular complexity index is 941. The van der Waals surface area contributed by atoms with Gasteiger partial charge in [-0.25, -0.2) is 0 Å². The second kappa shape index (κ2) is 9.01. The minimum absolute atomic E-state index is 0.0497. The molecule has 1 fully saturated rings. The van der Waals surface area contributed by atoms with Gasteiger partial charge in [-0.3, -0.25) is 14.5 Å². The molecule has 0 aliphatic carbocycles. The molecule has 30 heavy (non-hydrogen) atoms. The molecule has 0 N–H and O–H groups in total. The van der Waals surface area contributed by atoms with Gasteiger partial charge < -0.3 is 18.9 Å². The fraction of sp³-hybridized carbons (Fsp3) is 0.409. The molecule has 1 aromatic rings. The molecule has 158 valence electrons. The summed E-state index contributed by atoms with van der Waals surface area (Å²) in [7, 11) is 4.51. The molecule has 0 bridgehead atoms. The fourth-order valence-corrected chi connectivity index (χ4v) is 3.64. The Morgan fingerprint density at radius 1 is 1.17 bits per heavy atom. The van der Waals surface area contributed by atoms with E-state index < -0.39 is 11.8 Å². The van der Waals surface area contributed by atoms with Crippen LogP contribution in [0.2, 0.25) is 0 Å². The molecule has 0 radical (unpaired) electrons. The van der Waals surface area contributed by atoms with Gasteiger partial charge in [0.2, 0.25) is 5.75 Å². The lowest BCUT2D eigenvalue weighted by atomic mass is 9.93. The third kappa shape index (κ3) is 3.89. The van der Waals surface area contributed by atoms with Crippen LogP contribution in [0.3, 0.4) is 0 Å². The van der Waals surface area contributed by atoms with Crippen molar-refractivity contribution in [1.82, 2.24) is 4.90 Å². The molecule has 0 saturated carbocycles. The van der Waals surface area contributed by atoms with Crippen molar-refractivity contribution in [3.63, 3.8) is 0 Å². The smallest absolute Gasteiger partial charge is 0.271 e. The first-order chi connectivity index (χ1) is 14.4. The molecule has 8 heteroatoms. The standard InChI is InChI=1S/C22H24N2O6/c1-13-16(8-14-9-18(27-2)20(29-4)19(10-14)28-3)21(25)24(22(26)17(13)11-23)12-15-6-5-7-30-15/h8-10,15H,5-7,12H2,1-4H3/b16-8+. The van der Waals surface area contributed by atoms with Gasteiger partial charge in [0.1, 0.15) is 11.6 Å². The summed E-state index contributed by atoms with van der Waals surface area (Å²) in [6.45, 7) is 2.33. The van der Waals surface area contributed by atoms with E-state index in [1.807, 2.05) is 6.07 Å². The molecule has 2 aliphatic heterocycles. The number of ether oxygens (including phenoxy) is 4. The zero-order valence-electron chi connectivity index (χ0n) is 17.5. The summed E-state index contributed by atoms with van der Waals surface area (Å²) < 4.78 is 21.6. The van der Waals surface area contributed by atoms with Crippen molar-refractivity contribution in [2.45, 2.75) is 25.9 Å². The van der Waals surface area contributed by atoms with Crippen LogP contribution in [0.1, 0.15) is 25.3 Å². The summed E-state index contributed by atoms with van der Waals surface area (Å²) in [5.74, 6) is 0.248. The van der Waals surface area contributed by atoms with Gasteiger partial charge in [0.05, 0.1) is 34.0 Å². The maximum atomic E-state index is 13.2. The number of rotatable bonds is 6. The van der Waals surface area contributed by atoms with Crippen LogP contribution in [0.4, 0.5) is 0 Å². The number of carbonyl (C=O) groups excluding carboxylic acids is 2. The molecule has 1 aromatic carbocycles. The van der Waals surface area contributed by atoms with Gasteiger partial charge in [0.15, 0.2) is 11.5 Å². The van der Waals surface area contributed by atoms with Crippen LogP contribution in [0, 0.1) is 11.3 Å². The number of amides is 2. The first-order valence-electron chi connectivity index (χ1n) is 9.56. The second-order valence-corrected chi connectivity index (χ2v) is 6.98. The van der Waals surface area contributed by atoms with E-state index in [0.29, 0.717) is 35.0 Å². The highest BCUT2D eigenvalue weighted by Gasteiger charge is 2.37. The van der Waals surface area contributed by atoms with Crippen LogP contribution >= 0.6 is 0 Å². The average molecular weight is 412 g/mol. The Hall–Kier alpha value is -3.31. The van der Waals surface area contributed by atoms with Gasteiger partial charge in [-0.1, -0.05) is 0 Å². The molecule has 1 unspecified atom stereocenters. The number of benzene rings is 1. The summed E-state index contributed by atoms with van der Waals surface area (Å²) in [6, 6.07) is 5.34. The van der Waals surface area contributed by atoms with Crippen LogP contribution in [0.15, 0.2) is 28.9 Å². The van der Waals surface area contributed by atoms with E-state index in [1.54, 1.807) is 25.1 Å². The van der Waals surface area contributed by atoms with Gasteiger partial charge in [-0.15, -0.1) is 0 Å². The molecule has 2 aliphatic rings. The molecular formula is C22H24N2O6. The molecule has 1 saturated heterocycles. The lowest BCUT2D eigenvalue weighted by Gasteiger charge is -2.29. The Kier molecular flexibility index (Phi) is 6.43. The van der Waals surface area contributed by atoms with E-state index in [2.05, 4.69) is 0 Å². The minimum Gasteiger partial charge on any atom is -0.493 e. The maximum absolute atomic E-state index is 13.2. The Labute approximate surface area is 175 Å². The monoisotopic (exact) mass is 412 g/mol. The van der Waals surface area contributed by atoms with Crippen molar-refractivity contribution in [2.24, 2.45) is 0 Å². The van der Waals surface area contributed by atoms with Gasteiger partial charge in [-0.05, 0) is 49.1 Å². The van der Waals surface area contributed by atoms with Gasteiger partial charge >= 0.3 is 0 Å². The third-order valence-corrected chi connectivity index (χ3v) is 5.23. The van der Waals surface area contributed by atoms with E-state index in [9.17, 15) is 14.9 Å². The number of hydrogen-bond donors (Lipinski definition) is 0. The van der Waals surface area contributed by atoms with E-state index in [1.165, 1.54) is 21.3 Å². The van der Waals surface area contributed by atoms with E-state index >= 15 is 0 Å². The van der Waals surface area contributed by atoms with E-state index in [-0.39, 0.29) is 23.8 Å². The Morgan fingerprint density at radius 2 is 1.83 bits per heavy atom. The summed E-state index contributed by atoms with van der Waals surface area (Å²) in [5.41, 5.74) is 1.16. The first kappa shape index (κ1) is 21.4. The maximum Gasteiger partial charge on any atom is 0.271 e. The molecule has 8 nitrogen and oxygen atoms in total. The molecule has 2 heterocycles. The molecule has 3 rings (SSSR count). The van der Waals surface area contributed by atoms with Crippen LogP contribution in [0.5, 0.6) is 17.2 Å². The average Bonchev–Trinajstić information content (AvgIpc) is 3.27. The minimum atomic E-state index is -0.586. The summed E-state index contributed by atoms with van der Waals surface area (Å²) in [6.07, 6.45) is 3.07. The topological polar surface area (TPSA) is 98.1 Å². The summed E-state index contributed by atoms with van der Waals surface area (Å²) >= 11 is 0. The van der Waals surface area contributed by atoms with Crippen molar-refractivity contribution in [2.75, 3.05) is 34.5 Å². The van der Waals surface area contributed by atoms with Crippen LogP contribution in [-0.2, 0) is 14.3 Å². The number of nitriles is 1. The van der Waals surface area contributed by atoms with E-state index in [0.717, 1.165) is 17.7 Å². The van der Waals surface area contributed by atoms with Crippen molar-refractivity contribution in [3.05, 3.63) is 34.4 Å². The zero-order chi connectivity index (χ0) is 21.8. The van der Waals surface area contributed by atoms with E-state index in [4.69, 9.17) is 18.9 Å². The normalized spacial score (nSPS) is 20.6. The predicted octanol–water partition coefficient (Wildman–Crippen LogP) is 2.48. The molecule has 2 amide bonds. The molecule has 0 spiro atoms. The van der Waals surface area contributed by atoms with Crippen LogP contribution in [0.25, 0.3) is 6.08 Å². The second-order valence-electron chi connectivity index (χ2n) is 6.98. The Morgan fingerprint density at radius 3 is 2.33 bits per heavy atom. The fourth-order valence-electron chi connectivity index (χ4n) is 3.64. The first-order valence-corrected chi connectivity index (χ1v) is 9.56. The number of methoxy groups -OCH3 is 3. The van der Waals surface area contributed by atoms with Crippen LogP contribution < -0.4 is 14.2 Å². The summed E-state index contributed by atoms with van der Waals surface area (Å²) in [4.78, 5) is 27.0. The van der Waals surface area contributed by atoms with Crippen molar-refractivity contribution in [1.29, 1.82) is 5.26 Å². The quantitative estimate of drug-likeness (QED) is 0.523. The van der Waals surface area contributed by atoms with Crippen molar-refractivity contribution >= 4 is 17.9 Å². The SMILES string of the molecule is COc1cc(/C=C2/C(=O)N(CC3CCCO3)C(=O)C(C#N)=C2C)cc(OC)c1OC. The van der Waals surface area contributed by atoms with Crippen molar-refractivity contribution in [3.8, 4) is 23.3 Å². The van der Waals surface area contributed by atoms with Crippen molar-refractivity contribution < 1.29 is 28.5 Å². The largest absolute Gasteiger partial charge is 0.493 e. The Balaban J connectivity index is 2.07. The van der Waals surface area contributed by atoms with Gasteiger partial charge in [0.25, 0.3) is 11.8 Å². The lowest BCUT2D eigenvalue weighted by Crippen LogP contribution is -2.46. The molecule has 1 atom stereocenters. The number of carbonyl (C=O) groups is 2. The van der Waals surface area contributed by atoms with Crippen LogP contribution in [-0.4, -0.2) is 57.3 Å². The molecule has 0 aromatic heterocycles. The third-order valence-electron chi connectivity index (χ3n) is 5.23. The zero-order valence-corrected chi connectivity index (χ0v) is 17.5. The number of nitrogens with zero attached hydrogens (tertiary/aromatic N) is 2. The number of imide groups is 1. The number of hydrogen-bond acceptors (Lipinski definition) is 7. The lowest BCUT2D eigenvalue weighted by molar-refractivity contribution is -0.142. The summed E-state index contributed by atoms with van der Waals surface area (Å²) in [5, 5.41) is 9.53. The van der Waals surface area contributed by atoms with Gasteiger partial charge in [0, 0.05) is 12.2 Å². The highest BCUT2D eigenvalue weighted by atomic mass is 16.5. The molecular weight excluding hydrogens is 388 g/mol. The highest BCUT2D eigenvalue weighted by Crippen LogP contribution is 2.39.